The van der Waals surface area contributed by atoms with Crippen LogP contribution in [0.15, 0.2) is 0 Å². The molecule has 0 heterocycles. The Balaban J connectivity index is 3.20. The third-order valence-electron chi connectivity index (χ3n) is 0.676. The van der Waals surface area contributed by atoms with Crippen LogP contribution in [-0.4, -0.2) is 25.8 Å². The van der Waals surface area contributed by atoms with E-state index in [1.54, 1.807) is 0 Å². The van der Waals surface area contributed by atoms with Gasteiger partial charge in [-0.2, -0.15) is 0 Å². The number of amides is 1. The zero-order chi connectivity index (χ0) is 6.41. The minimum atomic E-state index is -0.951. The van der Waals surface area contributed by atoms with E-state index < -0.39 is 19.4 Å². The molecule has 0 aromatic rings. The molecule has 0 rings (SSSR count). The van der Waals surface area contributed by atoms with Crippen molar-refractivity contribution >= 4 is 6.41 Å². The van der Waals surface area contributed by atoms with Crippen LogP contribution in [0.2, 0.25) is 0 Å². The molecule has 48 valence electrons. The topological polar surface area (TPSA) is 29.1 Å². The smallest absolute Gasteiger partial charge is 0.207 e. The normalized spacial score (nSPS) is 9.38. The molecule has 0 bridgehead atoms. The molecule has 0 saturated heterocycles. The van der Waals surface area contributed by atoms with Gasteiger partial charge in [0, 0.05) is 0 Å². The molecule has 0 fully saturated rings. The Morgan fingerprint density at radius 1 is 1.50 bits per heavy atom. The number of halogens is 2. The van der Waals surface area contributed by atoms with E-state index in [1.807, 2.05) is 5.32 Å². The highest BCUT2D eigenvalue weighted by Gasteiger charge is 2.02. The highest BCUT2D eigenvalue weighted by atomic mass is 19.1. The second-order valence-corrected chi connectivity index (χ2v) is 1.29. The fourth-order valence-electron chi connectivity index (χ4n) is 0.227. The van der Waals surface area contributed by atoms with Crippen molar-refractivity contribution < 1.29 is 13.6 Å². The second kappa shape index (κ2) is 4.49. The molecule has 0 saturated carbocycles. The van der Waals surface area contributed by atoms with Crippen LogP contribution < -0.4 is 5.32 Å². The van der Waals surface area contributed by atoms with Crippen molar-refractivity contribution in [1.29, 1.82) is 0 Å². The van der Waals surface area contributed by atoms with Gasteiger partial charge in [-0.05, 0) is 0 Å². The largest absolute Gasteiger partial charge is 0.351 e. The lowest BCUT2D eigenvalue weighted by Crippen LogP contribution is -2.31. The zero-order valence-electron chi connectivity index (χ0n) is 4.23. The minimum Gasteiger partial charge on any atom is -0.351 e. The summed E-state index contributed by atoms with van der Waals surface area (Å²) in [5.41, 5.74) is 0. The van der Waals surface area contributed by atoms with E-state index in [4.69, 9.17) is 0 Å². The predicted octanol–water partition coefficient (Wildman–Crippen LogP) is 0.0400. The molecule has 1 N–H and O–H groups in total. The van der Waals surface area contributed by atoms with E-state index in [2.05, 4.69) is 0 Å². The van der Waals surface area contributed by atoms with E-state index in [9.17, 15) is 13.6 Å². The Labute approximate surface area is 45.9 Å². The van der Waals surface area contributed by atoms with Crippen LogP contribution in [0.3, 0.4) is 0 Å². The van der Waals surface area contributed by atoms with Gasteiger partial charge in [0.2, 0.25) is 6.41 Å². The summed E-state index contributed by atoms with van der Waals surface area (Å²) in [5.74, 6) is 0. The van der Waals surface area contributed by atoms with Gasteiger partial charge < -0.3 is 5.32 Å². The first kappa shape index (κ1) is 7.33. The van der Waals surface area contributed by atoms with Gasteiger partial charge in [-0.3, -0.25) is 4.79 Å². The molecule has 0 aliphatic rings. The number of carbonyl (C=O) groups is 1. The van der Waals surface area contributed by atoms with Crippen LogP contribution in [0.4, 0.5) is 8.78 Å². The third kappa shape index (κ3) is 2.49. The summed E-state index contributed by atoms with van der Waals surface area (Å²) in [7, 11) is 0. The van der Waals surface area contributed by atoms with Gasteiger partial charge >= 0.3 is 0 Å². The fraction of sp³-hybridized carbons (Fsp3) is 0.750. The Kier molecular flexibility index (Phi) is 4.11. The van der Waals surface area contributed by atoms with Crippen molar-refractivity contribution in [2.75, 3.05) is 13.3 Å². The molecule has 0 aliphatic heterocycles. The second-order valence-electron chi connectivity index (χ2n) is 1.29. The van der Waals surface area contributed by atoms with Gasteiger partial charge in [-0.25, -0.2) is 8.78 Å². The Morgan fingerprint density at radius 3 is 2.12 bits per heavy atom. The van der Waals surface area contributed by atoms with E-state index in [-0.39, 0.29) is 6.41 Å². The zero-order valence-corrected chi connectivity index (χ0v) is 4.23. The fourth-order valence-corrected chi connectivity index (χ4v) is 0.227. The molecule has 1 amide bonds. The first-order valence-electron chi connectivity index (χ1n) is 2.16. The van der Waals surface area contributed by atoms with Gasteiger partial charge in [-0.15, -0.1) is 0 Å². The summed E-state index contributed by atoms with van der Waals surface area (Å²) in [6.45, 7) is -1.70. The van der Waals surface area contributed by atoms with Gasteiger partial charge in [0.15, 0.2) is 0 Å². The molecular formula is C4H7F2NO. The average molecular weight is 123 g/mol. The molecule has 0 spiro atoms. The highest BCUT2D eigenvalue weighted by Crippen LogP contribution is 1.83. The van der Waals surface area contributed by atoms with E-state index in [1.165, 1.54) is 0 Å². The molecule has 0 unspecified atom stereocenters. The lowest BCUT2D eigenvalue weighted by atomic mass is 10.4. The molecule has 0 radical (unpaired) electrons. The van der Waals surface area contributed by atoms with E-state index >= 15 is 0 Å². The molecule has 4 heteroatoms. The van der Waals surface area contributed by atoms with Crippen LogP contribution in [0.25, 0.3) is 0 Å². The number of nitrogens with one attached hydrogen (secondary N) is 1. The maximum Gasteiger partial charge on any atom is 0.207 e. The maximum atomic E-state index is 11.4. The van der Waals surface area contributed by atoms with Gasteiger partial charge in [0.25, 0.3) is 0 Å². The first-order chi connectivity index (χ1) is 3.85. The van der Waals surface area contributed by atoms with Crippen LogP contribution >= 0.6 is 0 Å². The first-order valence-corrected chi connectivity index (χ1v) is 2.16. The lowest BCUT2D eigenvalue weighted by molar-refractivity contribution is -0.110. The summed E-state index contributed by atoms with van der Waals surface area (Å²) >= 11 is 0. The van der Waals surface area contributed by atoms with Crippen molar-refractivity contribution in [3.8, 4) is 0 Å². The number of hydrogen-bond donors (Lipinski definition) is 1. The summed E-state index contributed by atoms with van der Waals surface area (Å²) in [6, 6.07) is -0.951. The van der Waals surface area contributed by atoms with Crippen molar-refractivity contribution in [3.63, 3.8) is 0 Å². The highest BCUT2D eigenvalue weighted by molar-refractivity contribution is 5.46. The SMILES string of the molecule is O=CNC(CF)CF. The van der Waals surface area contributed by atoms with Crippen LogP contribution in [0, 0.1) is 0 Å². The van der Waals surface area contributed by atoms with Crippen LogP contribution in [0.5, 0.6) is 0 Å². The van der Waals surface area contributed by atoms with Gasteiger partial charge in [-0.1, -0.05) is 0 Å². The lowest BCUT2D eigenvalue weighted by Gasteiger charge is -2.03. The monoisotopic (exact) mass is 123 g/mol. The number of hydrogen-bond acceptors (Lipinski definition) is 1. The molecular weight excluding hydrogens is 116 g/mol. The number of rotatable bonds is 4. The Bertz CT molecular complexity index is 65.1. The van der Waals surface area contributed by atoms with Crippen molar-refractivity contribution in [1.82, 2.24) is 5.32 Å². The summed E-state index contributed by atoms with van der Waals surface area (Å²) in [6.07, 6.45) is 0.282. The van der Waals surface area contributed by atoms with E-state index in [0.29, 0.717) is 0 Å². The maximum absolute atomic E-state index is 11.4. The van der Waals surface area contributed by atoms with Crippen molar-refractivity contribution in [2.24, 2.45) is 0 Å². The molecule has 0 aliphatic carbocycles. The average Bonchev–Trinajstić information content (AvgIpc) is 1.83. The summed E-state index contributed by atoms with van der Waals surface area (Å²) in [5, 5.41) is 1.95. The standard InChI is InChI=1S/C4H7F2NO/c5-1-4(2-6)7-3-8/h3-4H,1-2H2,(H,7,8). The molecule has 0 aromatic heterocycles. The minimum absolute atomic E-state index is 0.282. The van der Waals surface area contributed by atoms with Crippen LogP contribution in [-0.2, 0) is 4.79 Å². The summed E-state index contributed by atoms with van der Waals surface area (Å²) < 4.78 is 22.8. The molecule has 8 heavy (non-hydrogen) atoms. The Morgan fingerprint density at radius 2 is 2.00 bits per heavy atom. The Hall–Kier alpha value is -0.670. The van der Waals surface area contributed by atoms with Crippen molar-refractivity contribution in [2.45, 2.75) is 6.04 Å². The summed E-state index contributed by atoms with van der Waals surface area (Å²) in [4.78, 5) is 9.49. The predicted molar refractivity (Wildman–Crippen MR) is 24.9 cm³/mol. The quantitative estimate of drug-likeness (QED) is 0.525. The van der Waals surface area contributed by atoms with Gasteiger partial charge in [0.1, 0.15) is 13.3 Å². The van der Waals surface area contributed by atoms with Crippen molar-refractivity contribution in [3.05, 3.63) is 0 Å². The molecule has 0 aromatic carbocycles. The number of carbonyl (C=O) groups excluding carboxylic acids is 1. The number of alkyl halides is 2. The van der Waals surface area contributed by atoms with E-state index in [0.717, 1.165) is 0 Å². The van der Waals surface area contributed by atoms with Gasteiger partial charge in [0.05, 0.1) is 6.04 Å². The van der Waals surface area contributed by atoms with Crippen LogP contribution in [0.1, 0.15) is 0 Å². The molecule has 0 atom stereocenters. The third-order valence-corrected chi connectivity index (χ3v) is 0.676. The molecule has 2 nitrogen and oxygen atoms in total.